The Morgan fingerprint density at radius 1 is 1.10 bits per heavy atom. The summed E-state index contributed by atoms with van der Waals surface area (Å²) in [5.74, 6) is -0.577. The molecule has 156 valence electrons. The smallest absolute Gasteiger partial charge is 0.338 e. The Morgan fingerprint density at radius 3 is 2.38 bits per heavy atom. The molecule has 1 saturated heterocycles. The van der Waals surface area contributed by atoms with Crippen LogP contribution in [0.5, 0.6) is 0 Å². The van der Waals surface area contributed by atoms with Gasteiger partial charge >= 0.3 is 5.97 Å². The van der Waals surface area contributed by atoms with Crippen LogP contribution in [0.25, 0.3) is 0 Å². The highest BCUT2D eigenvalue weighted by Crippen LogP contribution is 2.21. The molecule has 29 heavy (non-hydrogen) atoms. The van der Waals surface area contributed by atoms with E-state index in [0.717, 1.165) is 0 Å². The maximum atomic E-state index is 12.8. The maximum Gasteiger partial charge on any atom is 0.338 e. The Bertz CT molecular complexity index is 1010. The summed E-state index contributed by atoms with van der Waals surface area (Å²) in [4.78, 5) is 23.9. The number of morpholine rings is 1. The Morgan fingerprint density at radius 2 is 1.76 bits per heavy atom. The second kappa shape index (κ2) is 8.89. The normalized spacial score (nSPS) is 20.3. The van der Waals surface area contributed by atoms with E-state index in [1.54, 1.807) is 18.3 Å². The molecule has 3 rings (SSSR count). The number of aromatic nitrogens is 1. The fourth-order valence-electron chi connectivity index (χ4n) is 3.20. The molecule has 0 spiro atoms. The van der Waals surface area contributed by atoms with E-state index in [4.69, 9.17) is 9.47 Å². The topological polar surface area (TPSA) is 94.9 Å². The summed E-state index contributed by atoms with van der Waals surface area (Å²) in [6.45, 7) is 4.52. The Labute approximate surface area is 169 Å². The highest BCUT2D eigenvalue weighted by molar-refractivity contribution is 7.89. The minimum absolute atomic E-state index is 0.0341. The summed E-state index contributed by atoms with van der Waals surface area (Å²) in [6.07, 6.45) is 1.25. The van der Waals surface area contributed by atoms with Gasteiger partial charge in [-0.1, -0.05) is 6.07 Å². The maximum absolute atomic E-state index is 12.8. The van der Waals surface area contributed by atoms with E-state index in [-0.39, 0.29) is 54.5 Å². The first kappa shape index (κ1) is 21.2. The summed E-state index contributed by atoms with van der Waals surface area (Å²) in [5, 5.41) is 0. The van der Waals surface area contributed by atoms with E-state index in [2.05, 4.69) is 0 Å². The van der Waals surface area contributed by atoms with Gasteiger partial charge in [-0.2, -0.15) is 4.31 Å². The minimum Gasteiger partial charge on any atom is -0.460 e. The molecule has 0 radical (unpaired) electrons. The average Bonchev–Trinajstić information content (AvgIpc) is 2.68. The van der Waals surface area contributed by atoms with E-state index in [1.807, 2.05) is 13.8 Å². The molecule has 1 aliphatic heterocycles. The van der Waals surface area contributed by atoms with Crippen molar-refractivity contribution in [3.63, 3.8) is 0 Å². The van der Waals surface area contributed by atoms with Crippen LogP contribution in [0.2, 0.25) is 0 Å². The summed E-state index contributed by atoms with van der Waals surface area (Å²) in [5.41, 5.74) is 0.0675. The number of pyridine rings is 1. The van der Waals surface area contributed by atoms with Crippen LogP contribution in [0.3, 0.4) is 0 Å². The van der Waals surface area contributed by atoms with Crippen LogP contribution in [0.15, 0.2) is 58.4 Å². The molecule has 8 nitrogen and oxygen atoms in total. The molecule has 0 amide bonds. The summed E-state index contributed by atoms with van der Waals surface area (Å²) < 4.78 is 39.3. The quantitative estimate of drug-likeness (QED) is 0.658. The Hall–Kier alpha value is -2.49. The van der Waals surface area contributed by atoms with Gasteiger partial charge in [0.25, 0.3) is 5.56 Å². The van der Waals surface area contributed by atoms with Crippen molar-refractivity contribution < 1.29 is 22.7 Å². The van der Waals surface area contributed by atoms with E-state index in [9.17, 15) is 18.0 Å². The van der Waals surface area contributed by atoms with Crippen molar-refractivity contribution >= 4 is 16.0 Å². The van der Waals surface area contributed by atoms with Crippen molar-refractivity contribution in [2.24, 2.45) is 0 Å². The lowest BCUT2D eigenvalue weighted by molar-refractivity contribution is -0.0440. The predicted octanol–water partition coefficient (Wildman–Crippen LogP) is 1.50. The molecule has 1 aliphatic rings. The highest BCUT2D eigenvalue weighted by Gasteiger charge is 2.32. The van der Waals surface area contributed by atoms with Crippen molar-refractivity contribution in [2.45, 2.75) is 37.5 Å². The van der Waals surface area contributed by atoms with Crippen LogP contribution in [0.4, 0.5) is 0 Å². The lowest BCUT2D eigenvalue weighted by Crippen LogP contribution is -2.48. The summed E-state index contributed by atoms with van der Waals surface area (Å²) in [6, 6.07) is 10.4. The lowest BCUT2D eigenvalue weighted by Gasteiger charge is -2.34. The van der Waals surface area contributed by atoms with Crippen molar-refractivity contribution in [3.8, 4) is 0 Å². The third-order valence-electron chi connectivity index (χ3n) is 4.58. The number of rotatable bonds is 6. The first-order chi connectivity index (χ1) is 13.8. The molecule has 1 fully saturated rings. The largest absolute Gasteiger partial charge is 0.460 e. The monoisotopic (exact) mass is 420 g/mol. The molecular formula is C20H24N2O6S. The fourth-order valence-corrected chi connectivity index (χ4v) is 4.79. The average molecular weight is 420 g/mol. The number of esters is 1. The molecular weight excluding hydrogens is 396 g/mol. The fraction of sp³-hybridized carbons (Fsp3) is 0.400. The van der Waals surface area contributed by atoms with Gasteiger partial charge in [-0.3, -0.25) is 4.79 Å². The number of ether oxygens (including phenoxy) is 2. The number of hydrogen-bond donors (Lipinski definition) is 0. The van der Waals surface area contributed by atoms with Gasteiger partial charge in [0.15, 0.2) is 0 Å². The van der Waals surface area contributed by atoms with E-state index < -0.39 is 16.0 Å². The summed E-state index contributed by atoms with van der Waals surface area (Å²) >= 11 is 0. The molecule has 1 aromatic carbocycles. The number of benzene rings is 1. The third kappa shape index (κ3) is 5.11. The van der Waals surface area contributed by atoms with Crippen molar-refractivity contribution in [1.82, 2.24) is 8.87 Å². The third-order valence-corrected chi connectivity index (χ3v) is 6.42. The van der Waals surface area contributed by atoms with Crippen molar-refractivity contribution in [2.75, 3.05) is 19.7 Å². The SMILES string of the molecule is C[C@H]1CN(S(=O)(=O)c2ccc(C(=O)OCCn3ccccc3=O)cc2)C[C@H](C)O1. The van der Waals surface area contributed by atoms with Gasteiger partial charge in [-0.05, 0) is 44.2 Å². The van der Waals surface area contributed by atoms with Crippen molar-refractivity contribution in [1.29, 1.82) is 0 Å². The number of hydrogen-bond acceptors (Lipinski definition) is 6. The molecule has 2 heterocycles. The molecule has 0 aliphatic carbocycles. The van der Waals surface area contributed by atoms with E-state index in [1.165, 1.54) is 39.2 Å². The highest BCUT2D eigenvalue weighted by atomic mass is 32.2. The molecule has 9 heteroatoms. The van der Waals surface area contributed by atoms with Gasteiger partial charge in [-0.25, -0.2) is 13.2 Å². The second-order valence-electron chi connectivity index (χ2n) is 6.97. The number of sulfonamides is 1. The van der Waals surface area contributed by atoms with Gasteiger partial charge in [0.1, 0.15) is 6.61 Å². The van der Waals surface area contributed by atoms with Crippen molar-refractivity contribution in [3.05, 3.63) is 64.6 Å². The number of carbonyl (C=O) groups is 1. The first-order valence-electron chi connectivity index (χ1n) is 9.35. The molecule has 0 saturated carbocycles. The number of nitrogens with zero attached hydrogens (tertiary/aromatic N) is 2. The first-order valence-corrected chi connectivity index (χ1v) is 10.8. The van der Waals surface area contributed by atoms with Gasteiger partial charge in [0, 0.05) is 25.4 Å². The van der Waals surface area contributed by atoms with Crippen LogP contribution < -0.4 is 5.56 Å². The van der Waals surface area contributed by atoms with Crippen LogP contribution in [0.1, 0.15) is 24.2 Å². The van der Waals surface area contributed by atoms with E-state index in [0.29, 0.717) is 0 Å². The van der Waals surface area contributed by atoms with Gasteiger partial charge in [0.05, 0.1) is 29.2 Å². The Balaban J connectivity index is 1.62. The van der Waals surface area contributed by atoms with Gasteiger partial charge < -0.3 is 14.0 Å². The molecule has 2 aromatic rings. The minimum atomic E-state index is -3.66. The second-order valence-corrected chi connectivity index (χ2v) is 8.91. The van der Waals surface area contributed by atoms with E-state index >= 15 is 0 Å². The molecule has 1 aromatic heterocycles. The molecule has 0 bridgehead atoms. The zero-order valence-electron chi connectivity index (χ0n) is 16.4. The van der Waals surface area contributed by atoms with Crippen LogP contribution >= 0.6 is 0 Å². The van der Waals surface area contributed by atoms with Crippen LogP contribution in [-0.4, -0.2) is 55.2 Å². The Kier molecular flexibility index (Phi) is 6.51. The number of carbonyl (C=O) groups excluding carboxylic acids is 1. The lowest BCUT2D eigenvalue weighted by atomic mass is 10.2. The predicted molar refractivity (Wildman–Crippen MR) is 106 cm³/mol. The molecule has 0 N–H and O–H groups in total. The zero-order valence-corrected chi connectivity index (χ0v) is 17.2. The van der Waals surface area contributed by atoms with Crippen LogP contribution in [0, 0.1) is 0 Å². The summed E-state index contributed by atoms with van der Waals surface area (Å²) in [7, 11) is -3.66. The molecule has 0 unspecified atom stereocenters. The molecule has 2 atom stereocenters. The van der Waals surface area contributed by atoms with Gasteiger partial charge in [0.2, 0.25) is 10.0 Å². The van der Waals surface area contributed by atoms with Gasteiger partial charge in [-0.15, -0.1) is 0 Å². The standard InChI is InChI=1S/C20H24N2O6S/c1-15-13-22(14-16(2)28-15)29(25,26)18-8-6-17(7-9-18)20(24)27-12-11-21-10-4-3-5-19(21)23/h3-10,15-16H,11-14H2,1-2H3/t15-,16-/m0/s1. The zero-order chi connectivity index (χ0) is 21.0. The van der Waals surface area contributed by atoms with Crippen LogP contribution in [-0.2, 0) is 26.0 Å².